The molecule has 0 amide bonds. The molecule has 0 saturated heterocycles. The second-order valence-electron chi connectivity index (χ2n) is 22.0. The second kappa shape index (κ2) is 10.3. The van der Waals surface area contributed by atoms with Crippen molar-refractivity contribution in [2.24, 2.45) is 5.92 Å². The van der Waals surface area contributed by atoms with Crippen LogP contribution < -0.4 is 0 Å². The number of fused-ring (bicyclic) bond motifs is 2. The first-order valence-electron chi connectivity index (χ1n) is 18.8. The molecule has 2 aliphatic rings. The molecule has 1 heteroatoms. The fourth-order valence-corrected chi connectivity index (χ4v) is 49.0. The Labute approximate surface area is 293 Å². The Bertz CT molecular complexity index is 2050. The monoisotopic (exact) mass is 818 g/mol. The first-order valence-corrected chi connectivity index (χ1v) is 38.8. The SMILES string of the molecule is [CH2]=[Hf]([CH3])([CH3])([CH3])([CH2]C(C)C)([CH]1C=Cc2c(-c3ccc(C(C)(C)C)cc3C)cccc21)[CH]1C=Cc2c(-c3ccc(C(C)(C)C)cc3C)cccc21. The Morgan fingerprint density at radius 1 is 0.592 bits per heavy atom. The third-order valence-electron chi connectivity index (χ3n) is 13.1. The van der Waals surface area contributed by atoms with Crippen LogP contribution in [-0.4, -0.2) is 4.26 Å². The van der Waals surface area contributed by atoms with Crippen molar-refractivity contribution in [1.82, 2.24) is 0 Å². The molecule has 0 aliphatic heterocycles. The molecule has 0 fully saturated rings. The summed E-state index contributed by atoms with van der Waals surface area (Å²) in [6.07, 6.45) is 10.1. The molecule has 2 unspecified atom stereocenters. The Morgan fingerprint density at radius 3 is 1.31 bits per heavy atom. The van der Waals surface area contributed by atoms with Crippen molar-refractivity contribution in [2.45, 2.75) is 106 Å². The molecule has 0 nitrogen and oxygen atoms in total. The number of benzene rings is 4. The van der Waals surface area contributed by atoms with E-state index in [9.17, 15) is 0 Å². The zero-order valence-corrected chi connectivity index (χ0v) is 36.5. The fraction of sp³-hybridized carbons (Fsp3) is 0.396. The molecule has 0 spiro atoms. The third-order valence-corrected chi connectivity index (χ3v) is 49.1. The molecule has 49 heavy (non-hydrogen) atoms. The predicted molar refractivity (Wildman–Crippen MR) is 219 cm³/mol. The van der Waals surface area contributed by atoms with E-state index in [-0.39, 0.29) is 18.2 Å². The second-order valence-corrected chi connectivity index (χ2v) is 75.3. The number of allylic oxidation sites excluding steroid dienone is 2. The van der Waals surface area contributed by atoms with Gasteiger partial charge in [0.25, 0.3) is 0 Å². The average Bonchev–Trinajstić information content (AvgIpc) is 3.62. The number of hydrogen-bond acceptors (Lipinski definition) is 0. The summed E-state index contributed by atoms with van der Waals surface area (Å²) in [5, 5.41) is 0. The van der Waals surface area contributed by atoms with Gasteiger partial charge in [0, 0.05) is 0 Å². The summed E-state index contributed by atoms with van der Waals surface area (Å²) in [6, 6.07) is 28.3. The van der Waals surface area contributed by atoms with Gasteiger partial charge in [-0.2, -0.15) is 0 Å². The number of rotatable bonds is 6. The molecule has 258 valence electrons. The van der Waals surface area contributed by atoms with Gasteiger partial charge in [-0.3, -0.25) is 0 Å². The molecule has 0 N–H and O–H groups in total. The van der Waals surface area contributed by atoms with E-state index in [1.54, 1.807) is 0 Å². The minimum atomic E-state index is -5.32. The van der Waals surface area contributed by atoms with E-state index in [1.807, 2.05) is 0 Å². The van der Waals surface area contributed by atoms with Gasteiger partial charge < -0.3 is 0 Å². The van der Waals surface area contributed by atoms with Crippen molar-refractivity contribution in [3.05, 3.63) is 129 Å². The third kappa shape index (κ3) is 5.71. The summed E-state index contributed by atoms with van der Waals surface area (Å²) in [7, 11) is 0. The zero-order valence-electron chi connectivity index (χ0n) is 32.9. The van der Waals surface area contributed by atoms with Gasteiger partial charge in [0.2, 0.25) is 0 Å². The van der Waals surface area contributed by atoms with Crippen molar-refractivity contribution < 1.29 is 15.1 Å². The number of hydrogen-bond donors (Lipinski definition) is 0. The van der Waals surface area contributed by atoms with Crippen molar-refractivity contribution in [3.63, 3.8) is 0 Å². The summed E-state index contributed by atoms with van der Waals surface area (Å²) >= 11 is -5.32. The molecular formula is C48H62Hf. The summed E-state index contributed by atoms with van der Waals surface area (Å²) in [5.41, 5.74) is 16.8. The van der Waals surface area contributed by atoms with Gasteiger partial charge >= 0.3 is 295 Å². The van der Waals surface area contributed by atoms with Gasteiger partial charge in [-0.1, -0.05) is 0 Å². The van der Waals surface area contributed by atoms with E-state index in [1.165, 1.54) is 66.8 Å². The summed E-state index contributed by atoms with van der Waals surface area (Å²) in [5.74, 6) is 0.517. The molecule has 4 aromatic rings. The molecular weight excluding hydrogens is 755 g/mol. The van der Waals surface area contributed by atoms with Gasteiger partial charge in [-0.25, -0.2) is 0 Å². The summed E-state index contributed by atoms with van der Waals surface area (Å²) in [6.45, 7) is 23.2. The maximum absolute atomic E-state index is 5.78. The zero-order chi connectivity index (χ0) is 36.1. The topological polar surface area (TPSA) is 0 Å². The maximum atomic E-state index is 5.78. The van der Waals surface area contributed by atoms with Crippen LogP contribution in [0.3, 0.4) is 0 Å². The molecule has 0 bridgehead atoms. The van der Waals surface area contributed by atoms with Gasteiger partial charge in [-0.05, 0) is 0 Å². The normalized spacial score (nSPS) is 19.7. The van der Waals surface area contributed by atoms with E-state index in [2.05, 4.69) is 180 Å². The van der Waals surface area contributed by atoms with Crippen LogP contribution in [-0.2, 0) is 25.9 Å². The van der Waals surface area contributed by atoms with E-state index in [0.717, 1.165) is 4.18 Å². The summed E-state index contributed by atoms with van der Waals surface area (Å²) < 4.78 is 15.6. The van der Waals surface area contributed by atoms with E-state index in [4.69, 9.17) is 4.26 Å². The van der Waals surface area contributed by atoms with Crippen molar-refractivity contribution >= 4 is 16.4 Å². The minimum absolute atomic E-state index is 0.128. The van der Waals surface area contributed by atoms with Gasteiger partial charge in [-0.15, -0.1) is 0 Å². The van der Waals surface area contributed by atoms with Crippen LogP contribution in [0.15, 0.2) is 84.9 Å². The van der Waals surface area contributed by atoms with Crippen molar-refractivity contribution in [3.8, 4) is 22.3 Å². The van der Waals surface area contributed by atoms with Crippen LogP contribution in [0.1, 0.15) is 107 Å². The molecule has 0 aromatic heterocycles. The first-order chi connectivity index (χ1) is 22.4. The average molecular weight is 818 g/mol. The van der Waals surface area contributed by atoms with Crippen LogP contribution in [0.5, 0.6) is 0 Å². The van der Waals surface area contributed by atoms with Crippen LogP contribution in [0, 0.1) is 19.8 Å². The molecule has 6 rings (SSSR count). The van der Waals surface area contributed by atoms with Gasteiger partial charge in [0.05, 0.1) is 0 Å². The van der Waals surface area contributed by atoms with Crippen LogP contribution >= 0.6 is 0 Å². The van der Waals surface area contributed by atoms with E-state index in [0.29, 0.717) is 5.92 Å². The summed E-state index contributed by atoms with van der Waals surface area (Å²) in [4.78, 5) is 0. The van der Waals surface area contributed by atoms with Gasteiger partial charge in [0.1, 0.15) is 0 Å². The standard InChI is InChI=1S/2C20H21.C4H9.3CH3.CH2.Hf/c2*1-14-13-16(20(2,3)4)11-12-17(14)19-10-6-8-15-7-5-9-18(15)19;1-4(2)3;;;;;/h2*5-13H,1-4H3;4H,1H2,2-3H3;3*1H3;1H2;. The molecule has 2 atom stereocenters. The van der Waals surface area contributed by atoms with Crippen LogP contribution in [0.4, 0.5) is 0 Å². The molecule has 0 saturated carbocycles. The molecule has 2 aliphatic carbocycles. The van der Waals surface area contributed by atoms with E-state index < -0.39 is 15.1 Å². The predicted octanol–water partition coefficient (Wildman–Crippen LogP) is 14.5. The Morgan fingerprint density at radius 2 is 0.980 bits per heavy atom. The Kier molecular flexibility index (Phi) is 7.58. The van der Waals surface area contributed by atoms with Crippen LogP contribution in [0.25, 0.3) is 34.4 Å². The molecule has 0 radical (unpaired) electrons. The number of aryl methyl sites for hydroxylation is 2. The molecule has 0 heterocycles. The van der Waals surface area contributed by atoms with E-state index >= 15 is 0 Å². The van der Waals surface area contributed by atoms with Crippen molar-refractivity contribution in [1.29, 1.82) is 0 Å². The molecule has 4 aromatic carbocycles. The Hall–Kier alpha value is -2.90. The van der Waals surface area contributed by atoms with Crippen LogP contribution in [0.2, 0.25) is 18.2 Å². The Balaban J connectivity index is 1.53. The quantitative estimate of drug-likeness (QED) is 0.170. The van der Waals surface area contributed by atoms with Crippen molar-refractivity contribution in [2.75, 3.05) is 0 Å². The fourth-order valence-electron chi connectivity index (χ4n) is 11.0. The first kappa shape index (κ1) is 35.9. The van der Waals surface area contributed by atoms with Gasteiger partial charge in [0.15, 0.2) is 0 Å².